The quantitative estimate of drug-likeness (QED) is 0.532. The number of benzene rings is 2. The first-order valence-corrected chi connectivity index (χ1v) is 6.54. The van der Waals surface area contributed by atoms with Crippen LogP contribution in [0.4, 0.5) is 5.69 Å². The standard InChI is InChI=1S/C17H17NO3/c1-10-11(2)15(18)9-8-14(10)17(20)16(19)12-4-6-13(21-3)7-5-12/h4-9H,18H2,1-3H3. The normalized spacial score (nSPS) is 10.2. The van der Waals surface area contributed by atoms with Crippen molar-refractivity contribution >= 4 is 17.3 Å². The Bertz CT molecular complexity index is 703. The molecule has 108 valence electrons. The van der Waals surface area contributed by atoms with E-state index in [4.69, 9.17) is 10.5 Å². The fraction of sp³-hybridized carbons (Fsp3) is 0.176. The zero-order valence-corrected chi connectivity index (χ0v) is 12.3. The molecule has 0 aliphatic heterocycles. The summed E-state index contributed by atoms with van der Waals surface area (Å²) in [7, 11) is 1.54. The number of hydrogen-bond acceptors (Lipinski definition) is 4. The number of rotatable bonds is 4. The largest absolute Gasteiger partial charge is 0.497 e. The van der Waals surface area contributed by atoms with E-state index in [1.165, 1.54) is 0 Å². The highest BCUT2D eigenvalue weighted by Crippen LogP contribution is 2.21. The smallest absolute Gasteiger partial charge is 0.233 e. The highest BCUT2D eigenvalue weighted by atomic mass is 16.5. The number of anilines is 1. The Kier molecular flexibility index (Phi) is 4.08. The Labute approximate surface area is 123 Å². The van der Waals surface area contributed by atoms with E-state index in [-0.39, 0.29) is 0 Å². The van der Waals surface area contributed by atoms with Crippen molar-refractivity contribution in [2.45, 2.75) is 13.8 Å². The van der Waals surface area contributed by atoms with Crippen molar-refractivity contribution in [3.8, 4) is 5.75 Å². The molecule has 0 saturated carbocycles. The zero-order chi connectivity index (χ0) is 15.6. The lowest BCUT2D eigenvalue weighted by Gasteiger charge is -2.09. The molecule has 0 amide bonds. The highest BCUT2D eigenvalue weighted by Gasteiger charge is 2.21. The van der Waals surface area contributed by atoms with Gasteiger partial charge in [-0.15, -0.1) is 0 Å². The highest BCUT2D eigenvalue weighted by molar-refractivity contribution is 6.49. The molecular weight excluding hydrogens is 266 g/mol. The molecule has 0 heterocycles. The summed E-state index contributed by atoms with van der Waals surface area (Å²) in [5.74, 6) is -0.427. The first-order chi connectivity index (χ1) is 9.95. The van der Waals surface area contributed by atoms with Crippen LogP contribution in [0.2, 0.25) is 0 Å². The molecular formula is C17H17NO3. The van der Waals surface area contributed by atoms with Crippen LogP contribution in [0, 0.1) is 13.8 Å². The summed E-state index contributed by atoms with van der Waals surface area (Å²) < 4.78 is 5.03. The van der Waals surface area contributed by atoms with Crippen LogP contribution >= 0.6 is 0 Å². The second-order valence-corrected chi connectivity index (χ2v) is 4.84. The number of ether oxygens (including phenoxy) is 1. The summed E-state index contributed by atoms with van der Waals surface area (Å²) in [6.07, 6.45) is 0. The van der Waals surface area contributed by atoms with Gasteiger partial charge in [0, 0.05) is 16.8 Å². The molecule has 4 heteroatoms. The van der Waals surface area contributed by atoms with E-state index in [9.17, 15) is 9.59 Å². The number of hydrogen-bond donors (Lipinski definition) is 1. The number of Topliss-reactive ketones (excluding diaryl/α,β-unsaturated/α-hetero) is 2. The van der Waals surface area contributed by atoms with E-state index in [1.807, 2.05) is 6.92 Å². The lowest BCUT2D eigenvalue weighted by Crippen LogP contribution is -2.16. The molecule has 0 atom stereocenters. The van der Waals surface area contributed by atoms with Gasteiger partial charge >= 0.3 is 0 Å². The Morgan fingerprint density at radius 1 is 0.905 bits per heavy atom. The topological polar surface area (TPSA) is 69.4 Å². The maximum Gasteiger partial charge on any atom is 0.233 e. The van der Waals surface area contributed by atoms with Crippen LogP contribution in [0.5, 0.6) is 5.75 Å². The van der Waals surface area contributed by atoms with Gasteiger partial charge in [0.05, 0.1) is 7.11 Å². The molecule has 0 fully saturated rings. The number of ketones is 2. The third-order valence-corrected chi connectivity index (χ3v) is 3.63. The van der Waals surface area contributed by atoms with Crippen molar-refractivity contribution in [2.75, 3.05) is 12.8 Å². The third kappa shape index (κ3) is 2.79. The van der Waals surface area contributed by atoms with Crippen LogP contribution in [0.1, 0.15) is 31.8 Å². The van der Waals surface area contributed by atoms with Gasteiger partial charge in [-0.1, -0.05) is 0 Å². The van der Waals surface area contributed by atoms with Gasteiger partial charge in [-0.25, -0.2) is 0 Å². The zero-order valence-electron chi connectivity index (χ0n) is 12.3. The molecule has 0 radical (unpaired) electrons. The average Bonchev–Trinajstić information content (AvgIpc) is 2.51. The number of nitrogens with two attached hydrogens (primary N) is 1. The van der Waals surface area contributed by atoms with Crippen LogP contribution < -0.4 is 10.5 Å². The molecule has 0 unspecified atom stereocenters. The molecule has 2 aromatic rings. The number of carbonyl (C=O) groups is 2. The van der Waals surface area contributed by atoms with E-state index in [1.54, 1.807) is 50.4 Å². The second-order valence-electron chi connectivity index (χ2n) is 4.84. The van der Waals surface area contributed by atoms with Crippen molar-refractivity contribution in [3.05, 3.63) is 58.7 Å². The van der Waals surface area contributed by atoms with Gasteiger partial charge in [0.25, 0.3) is 0 Å². The molecule has 0 aliphatic rings. The van der Waals surface area contributed by atoms with Crippen LogP contribution in [-0.2, 0) is 0 Å². The summed E-state index contributed by atoms with van der Waals surface area (Å²) in [5, 5.41) is 0. The lowest BCUT2D eigenvalue weighted by atomic mass is 9.94. The minimum atomic E-state index is -0.537. The average molecular weight is 283 g/mol. The fourth-order valence-corrected chi connectivity index (χ4v) is 2.08. The molecule has 0 bridgehead atoms. The summed E-state index contributed by atoms with van der Waals surface area (Å²) in [6.45, 7) is 3.62. The van der Waals surface area contributed by atoms with Gasteiger partial charge in [-0.3, -0.25) is 9.59 Å². The van der Waals surface area contributed by atoms with Crippen LogP contribution in [0.3, 0.4) is 0 Å². The van der Waals surface area contributed by atoms with Gasteiger partial charge in [0.1, 0.15) is 5.75 Å². The summed E-state index contributed by atoms with van der Waals surface area (Å²) >= 11 is 0. The van der Waals surface area contributed by atoms with Crippen LogP contribution in [0.25, 0.3) is 0 Å². The fourth-order valence-electron chi connectivity index (χ4n) is 2.08. The SMILES string of the molecule is COc1ccc(C(=O)C(=O)c2ccc(N)c(C)c2C)cc1. The number of methoxy groups -OCH3 is 1. The third-order valence-electron chi connectivity index (χ3n) is 3.63. The van der Waals surface area contributed by atoms with E-state index in [0.29, 0.717) is 22.6 Å². The predicted molar refractivity (Wildman–Crippen MR) is 82.0 cm³/mol. The molecule has 21 heavy (non-hydrogen) atoms. The predicted octanol–water partition coefficient (Wildman–Crippen LogP) is 2.96. The molecule has 0 spiro atoms. The van der Waals surface area contributed by atoms with Gasteiger partial charge in [0.15, 0.2) is 0 Å². The molecule has 2 rings (SSSR count). The maximum absolute atomic E-state index is 12.4. The Morgan fingerprint density at radius 3 is 2.10 bits per heavy atom. The van der Waals surface area contributed by atoms with Crippen molar-refractivity contribution in [3.63, 3.8) is 0 Å². The molecule has 0 aliphatic carbocycles. The Morgan fingerprint density at radius 2 is 1.52 bits per heavy atom. The van der Waals surface area contributed by atoms with Gasteiger partial charge in [0.2, 0.25) is 11.6 Å². The minimum absolute atomic E-state index is 0.342. The van der Waals surface area contributed by atoms with Crippen molar-refractivity contribution in [1.82, 2.24) is 0 Å². The minimum Gasteiger partial charge on any atom is -0.497 e. The number of carbonyl (C=O) groups excluding carboxylic acids is 2. The second kappa shape index (κ2) is 5.79. The summed E-state index contributed by atoms with van der Waals surface area (Å²) in [4.78, 5) is 24.6. The molecule has 2 aromatic carbocycles. The van der Waals surface area contributed by atoms with E-state index < -0.39 is 11.6 Å². The molecule has 2 N–H and O–H groups in total. The maximum atomic E-state index is 12.4. The molecule has 0 aromatic heterocycles. The first-order valence-electron chi connectivity index (χ1n) is 6.54. The van der Waals surface area contributed by atoms with Crippen molar-refractivity contribution < 1.29 is 14.3 Å². The van der Waals surface area contributed by atoms with Crippen molar-refractivity contribution in [1.29, 1.82) is 0 Å². The lowest BCUT2D eigenvalue weighted by molar-refractivity contribution is 0.0816. The van der Waals surface area contributed by atoms with Crippen LogP contribution in [-0.4, -0.2) is 18.7 Å². The molecule has 0 saturated heterocycles. The van der Waals surface area contributed by atoms with E-state index >= 15 is 0 Å². The molecule has 4 nitrogen and oxygen atoms in total. The first kappa shape index (κ1) is 14.8. The van der Waals surface area contributed by atoms with Crippen LogP contribution in [0.15, 0.2) is 36.4 Å². The Balaban J connectivity index is 2.35. The van der Waals surface area contributed by atoms with E-state index in [2.05, 4.69) is 0 Å². The van der Waals surface area contributed by atoms with Gasteiger partial charge in [-0.2, -0.15) is 0 Å². The van der Waals surface area contributed by atoms with Crippen molar-refractivity contribution in [2.24, 2.45) is 0 Å². The van der Waals surface area contributed by atoms with Gasteiger partial charge in [-0.05, 0) is 61.4 Å². The number of nitrogen functional groups attached to an aromatic ring is 1. The monoisotopic (exact) mass is 283 g/mol. The van der Waals surface area contributed by atoms with Gasteiger partial charge < -0.3 is 10.5 Å². The van der Waals surface area contributed by atoms with E-state index in [0.717, 1.165) is 11.1 Å². The summed E-state index contributed by atoms with van der Waals surface area (Å²) in [6, 6.07) is 9.72. The summed E-state index contributed by atoms with van der Waals surface area (Å²) in [5.41, 5.74) is 8.70. The Hall–Kier alpha value is -2.62.